The van der Waals surface area contributed by atoms with Crippen LogP contribution in [-0.2, 0) is 26.2 Å². The number of hydrogen-bond acceptors (Lipinski definition) is 5. The first-order valence-corrected chi connectivity index (χ1v) is 14.2. The number of rotatable bonds is 11. The predicted octanol–water partition coefficient (Wildman–Crippen LogP) is 4.45. The van der Waals surface area contributed by atoms with Crippen molar-refractivity contribution in [1.82, 2.24) is 10.2 Å². The van der Waals surface area contributed by atoms with E-state index in [2.05, 4.69) is 5.32 Å². The minimum Gasteiger partial charge on any atom is -0.497 e. The van der Waals surface area contributed by atoms with Crippen LogP contribution in [0.2, 0.25) is 0 Å². The molecule has 0 saturated heterocycles. The fourth-order valence-electron chi connectivity index (χ4n) is 4.13. The van der Waals surface area contributed by atoms with E-state index in [1.54, 1.807) is 43.3 Å². The lowest BCUT2D eigenvalue weighted by Gasteiger charge is -2.32. The summed E-state index contributed by atoms with van der Waals surface area (Å²) in [5.41, 5.74) is 3.03. The van der Waals surface area contributed by atoms with Gasteiger partial charge in [-0.2, -0.15) is 0 Å². The van der Waals surface area contributed by atoms with E-state index in [0.29, 0.717) is 5.75 Å². The minimum atomic E-state index is -4.14. The zero-order valence-corrected chi connectivity index (χ0v) is 24.2. The van der Waals surface area contributed by atoms with E-state index in [-0.39, 0.29) is 29.1 Å². The van der Waals surface area contributed by atoms with Crippen LogP contribution in [0.25, 0.3) is 0 Å². The van der Waals surface area contributed by atoms with Crippen molar-refractivity contribution in [2.24, 2.45) is 0 Å². The molecule has 3 aromatic rings. The Morgan fingerprint density at radius 2 is 1.56 bits per heavy atom. The molecule has 0 aromatic heterocycles. The Morgan fingerprint density at radius 1 is 0.897 bits per heavy atom. The summed E-state index contributed by atoms with van der Waals surface area (Å²) in [5.74, 6) is -0.382. The number of hydrogen-bond donors (Lipinski definition) is 1. The Morgan fingerprint density at radius 3 is 2.18 bits per heavy atom. The fourth-order valence-corrected chi connectivity index (χ4v) is 5.53. The normalized spacial score (nSPS) is 12.1. The highest BCUT2D eigenvalue weighted by Gasteiger charge is 2.32. The molecule has 1 atom stereocenters. The van der Waals surface area contributed by atoms with Gasteiger partial charge in [0, 0.05) is 18.7 Å². The Hall–Kier alpha value is -3.85. The van der Waals surface area contributed by atoms with Crippen LogP contribution in [0.15, 0.2) is 77.7 Å². The minimum absolute atomic E-state index is 0.0551. The standard InChI is InChI=1S/C30H37N3O5S/c1-21(2)31-30(35)24(5)32(19-25-10-7-9-23(4)17-25)29(34)20-33(26-11-8-12-27(18-26)38-6)39(36,37)28-15-13-22(3)14-16-28/h7-18,21,24H,19-20H2,1-6H3,(H,31,35)/t24-/m1/s1. The summed E-state index contributed by atoms with van der Waals surface area (Å²) in [6.07, 6.45) is 0. The third-order valence-corrected chi connectivity index (χ3v) is 8.05. The van der Waals surface area contributed by atoms with Crippen molar-refractivity contribution < 1.29 is 22.7 Å². The molecule has 8 nitrogen and oxygen atoms in total. The fraction of sp³-hybridized carbons (Fsp3) is 0.333. The van der Waals surface area contributed by atoms with E-state index >= 15 is 0 Å². The molecular weight excluding hydrogens is 514 g/mol. The van der Waals surface area contributed by atoms with Crippen LogP contribution in [-0.4, -0.2) is 50.9 Å². The molecule has 9 heteroatoms. The number of carbonyl (C=O) groups excluding carboxylic acids is 2. The van der Waals surface area contributed by atoms with Crippen LogP contribution < -0.4 is 14.4 Å². The summed E-state index contributed by atoms with van der Waals surface area (Å²) in [7, 11) is -2.65. The maximum Gasteiger partial charge on any atom is 0.264 e. The van der Waals surface area contributed by atoms with Crippen molar-refractivity contribution in [3.05, 3.63) is 89.5 Å². The lowest BCUT2D eigenvalue weighted by molar-refractivity contribution is -0.139. The van der Waals surface area contributed by atoms with Crippen LogP contribution in [0.1, 0.15) is 37.5 Å². The maximum absolute atomic E-state index is 13.9. The van der Waals surface area contributed by atoms with E-state index in [1.807, 2.05) is 52.0 Å². The van der Waals surface area contributed by atoms with Gasteiger partial charge in [-0.25, -0.2) is 8.42 Å². The summed E-state index contributed by atoms with van der Waals surface area (Å²) in [6.45, 7) is 8.79. The summed E-state index contributed by atoms with van der Waals surface area (Å²) in [6, 6.07) is 19.7. The lowest BCUT2D eigenvalue weighted by Crippen LogP contribution is -2.52. The number of sulfonamides is 1. The van der Waals surface area contributed by atoms with Gasteiger partial charge < -0.3 is 15.0 Å². The number of nitrogens with one attached hydrogen (secondary N) is 1. The first-order valence-electron chi connectivity index (χ1n) is 12.8. The Labute approximate surface area is 231 Å². The van der Waals surface area contributed by atoms with Crippen molar-refractivity contribution >= 4 is 27.5 Å². The van der Waals surface area contributed by atoms with Crippen molar-refractivity contribution in [3.63, 3.8) is 0 Å². The molecular formula is C30H37N3O5S. The van der Waals surface area contributed by atoms with Gasteiger partial charge >= 0.3 is 0 Å². The zero-order valence-electron chi connectivity index (χ0n) is 23.3. The van der Waals surface area contributed by atoms with Crippen molar-refractivity contribution in [3.8, 4) is 5.75 Å². The zero-order chi connectivity index (χ0) is 28.7. The van der Waals surface area contributed by atoms with Crippen LogP contribution >= 0.6 is 0 Å². The van der Waals surface area contributed by atoms with Crippen LogP contribution in [0.5, 0.6) is 5.75 Å². The van der Waals surface area contributed by atoms with Crippen molar-refractivity contribution in [2.45, 2.75) is 58.1 Å². The molecule has 0 heterocycles. The first-order chi connectivity index (χ1) is 18.4. The highest BCUT2D eigenvalue weighted by Crippen LogP contribution is 2.28. The number of benzene rings is 3. The smallest absolute Gasteiger partial charge is 0.264 e. The molecule has 0 spiro atoms. The van der Waals surface area contributed by atoms with Gasteiger partial charge in [-0.1, -0.05) is 53.6 Å². The number of anilines is 1. The van der Waals surface area contributed by atoms with Gasteiger partial charge in [-0.15, -0.1) is 0 Å². The van der Waals surface area contributed by atoms with Crippen molar-refractivity contribution in [1.29, 1.82) is 0 Å². The van der Waals surface area contributed by atoms with E-state index in [0.717, 1.165) is 21.0 Å². The number of methoxy groups -OCH3 is 1. The van der Waals surface area contributed by atoms with Gasteiger partial charge in [0.25, 0.3) is 10.0 Å². The predicted molar refractivity (Wildman–Crippen MR) is 153 cm³/mol. The second-order valence-corrected chi connectivity index (χ2v) is 11.7. The van der Waals surface area contributed by atoms with Gasteiger partial charge in [-0.05, 0) is 64.4 Å². The second kappa shape index (κ2) is 12.8. The molecule has 0 bridgehead atoms. The van der Waals surface area contributed by atoms with Gasteiger partial charge in [0.2, 0.25) is 11.8 Å². The molecule has 0 saturated carbocycles. The van der Waals surface area contributed by atoms with Crippen LogP contribution in [0.3, 0.4) is 0 Å². The second-order valence-electron chi connectivity index (χ2n) is 9.88. The SMILES string of the molecule is COc1cccc(N(CC(=O)N(Cc2cccc(C)c2)[C@H](C)C(=O)NC(C)C)S(=O)(=O)c2ccc(C)cc2)c1. The molecule has 0 aliphatic carbocycles. The van der Waals surface area contributed by atoms with Gasteiger partial charge in [0.15, 0.2) is 0 Å². The highest BCUT2D eigenvalue weighted by atomic mass is 32.2. The van der Waals surface area contributed by atoms with Crippen LogP contribution in [0.4, 0.5) is 5.69 Å². The third kappa shape index (κ3) is 7.60. The van der Waals surface area contributed by atoms with E-state index in [1.165, 1.54) is 24.1 Å². The maximum atomic E-state index is 13.9. The molecule has 0 fully saturated rings. The van der Waals surface area contributed by atoms with E-state index in [9.17, 15) is 18.0 Å². The molecule has 0 aliphatic heterocycles. The number of nitrogens with zero attached hydrogens (tertiary/aromatic N) is 2. The van der Waals surface area contributed by atoms with Gasteiger partial charge in [0.05, 0.1) is 17.7 Å². The molecule has 39 heavy (non-hydrogen) atoms. The molecule has 2 amide bonds. The quantitative estimate of drug-likeness (QED) is 0.380. The number of amides is 2. The number of ether oxygens (including phenoxy) is 1. The Balaban J connectivity index is 2.05. The van der Waals surface area contributed by atoms with E-state index in [4.69, 9.17) is 4.74 Å². The molecule has 0 unspecified atom stereocenters. The van der Waals surface area contributed by atoms with Gasteiger partial charge in [0.1, 0.15) is 18.3 Å². The topological polar surface area (TPSA) is 96.0 Å². The summed E-state index contributed by atoms with van der Waals surface area (Å²) < 4.78 is 34.2. The molecule has 0 radical (unpaired) electrons. The van der Waals surface area contributed by atoms with E-state index < -0.39 is 28.5 Å². The molecule has 1 N–H and O–H groups in total. The molecule has 0 aliphatic rings. The number of carbonyl (C=O) groups is 2. The Bertz CT molecular complexity index is 1400. The average molecular weight is 552 g/mol. The van der Waals surface area contributed by atoms with Crippen molar-refractivity contribution in [2.75, 3.05) is 18.0 Å². The van der Waals surface area contributed by atoms with Gasteiger partial charge in [-0.3, -0.25) is 13.9 Å². The first kappa shape index (κ1) is 29.7. The lowest BCUT2D eigenvalue weighted by atomic mass is 10.1. The average Bonchev–Trinajstić information content (AvgIpc) is 2.89. The summed E-state index contributed by atoms with van der Waals surface area (Å²) >= 11 is 0. The molecule has 208 valence electrons. The number of aryl methyl sites for hydroxylation is 2. The monoisotopic (exact) mass is 551 g/mol. The Kier molecular flexibility index (Phi) is 9.75. The molecule has 3 rings (SSSR count). The van der Waals surface area contributed by atoms with Crippen LogP contribution in [0, 0.1) is 13.8 Å². The largest absolute Gasteiger partial charge is 0.497 e. The highest BCUT2D eigenvalue weighted by molar-refractivity contribution is 7.92. The summed E-state index contributed by atoms with van der Waals surface area (Å²) in [4.78, 5) is 28.4. The third-order valence-electron chi connectivity index (χ3n) is 6.26. The molecule has 3 aromatic carbocycles. The summed E-state index contributed by atoms with van der Waals surface area (Å²) in [5, 5.41) is 2.86.